The average Bonchev–Trinajstić information content (AvgIpc) is 2.81. The number of fused-ring (bicyclic) bond motifs is 1. The molecule has 0 saturated heterocycles. The number of hydrogen-bond acceptors (Lipinski definition) is 5. The molecule has 2 N–H and O–H groups in total. The molecule has 1 fully saturated rings. The van der Waals surface area contributed by atoms with Crippen molar-refractivity contribution in [2.75, 3.05) is 24.7 Å². The first-order valence-electron chi connectivity index (χ1n) is 7.28. The van der Waals surface area contributed by atoms with E-state index in [9.17, 15) is 0 Å². The second-order valence-corrected chi connectivity index (χ2v) is 6.13. The first-order chi connectivity index (χ1) is 9.36. The Morgan fingerprint density at radius 1 is 1.16 bits per heavy atom. The second kappa shape index (κ2) is 6.09. The van der Waals surface area contributed by atoms with E-state index in [1.807, 2.05) is 0 Å². The highest BCUT2D eigenvalue weighted by Gasteiger charge is 2.20. The molecule has 1 aliphatic heterocycles. The Balaban J connectivity index is 1.90. The van der Waals surface area contributed by atoms with E-state index < -0.39 is 0 Å². The van der Waals surface area contributed by atoms with Gasteiger partial charge in [0, 0.05) is 24.6 Å². The minimum absolute atomic E-state index is 0.616. The quantitative estimate of drug-likeness (QED) is 0.656. The maximum Gasteiger partial charge on any atom is 0.189 e. The molecule has 1 saturated carbocycles. The van der Waals surface area contributed by atoms with Gasteiger partial charge in [-0.3, -0.25) is 0 Å². The fourth-order valence-electron chi connectivity index (χ4n) is 3.00. The smallest absolute Gasteiger partial charge is 0.189 e. The first-order valence-corrected chi connectivity index (χ1v) is 8.50. The number of nitrogens with zero attached hydrogens (tertiary/aromatic N) is 2. The highest BCUT2D eigenvalue weighted by molar-refractivity contribution is 7.98. The standard InChI is InChI=1S/C14H22N4S/c1-19-14-17-12-7-9-15-8-6-11(12)13(18-14)16-10-4-2-3-5-10/h10,15H,2-9H2,1H3,(H,16,17,18). The summed E-state index contributed by atoms with van der Waals surface area (Å²) < 4.78 is 0. The summed E-state index contributed by atoms with van der Waals surface area (Å²) in [5, 5.41) is 8.03. The van der Waals surface area contributed by atoms with E-state index in [0.717, 1.165) is 36.9 Å². The lowest BCUT2D eigenvalue weighted by molar-refractivity contribution is 0.707. The van der Waals surface area contributed by atoms with Crippen molar-refractivity contribution in [2.24, 2.45) is 0 Å². The van der Waals surface area contributed by atoms with Gasteiger partial charge in [0.25, 0.3) is 0 Å². The van der Waals surface area contributed by atoms with E-state index in [2.05, 4.69) is 16.9 Å². The molecule has 1 aliphatic carbocycles. The molecule has 0 unspecified atom stereocenters. The van der Waals surface area contributed by atoms with Crippen molar-refractivity contribution < 1.29 is 0 Å². The maximum atomic E-state index is 4.72. The fourth-order valence-corrected chi connectivity index (χ4v) is 3.38. The lowest BCUT2D eigenvalue weighted by Crippen LogP contribution is -2.19. The predicted octanol–water partition coefficient (Wildman–Crippen LogP) is 2.24. The Morgan fingerprint density at radius 3 is 2.74 bits per heavy atom. The zero-order valence-electron chi connectivity index (χ0n) is 11.5. The number of anilines is 1. The van der Waals surface area contributed by atoms with Crippen LogP contribution in [0.4, 0.5) is 5.82 Å². The summed E-state index contributed by atoms with van der Waals surface area (Å²) in [5.74, 6) is 1.10. The second-order valence-electron chi connectivity index (χ2n) is 5.36. The van der Waals surface area contributed by atoms with Gasteiger partial charge in [-0.25, -0.2) is 9.97 Å². The van der Waals surface area contributed by atoms with Crippen molar-refractivity contribution >= 4 is 17.6 Å². The molecule has 4 nitrogen and oxygen atoms in total. The molecule has 0 radical (unpaired) electrons. The molecule has 2 aliphatic rings. The summed E-state index contributed by atoms with van der Waals surface area (Å²) in [6.45, 7) is 2.06. The van der Waals surface area contributed by atoms with E-state index in [1.165, 1.54) is 36.9 Å². The van der Waals surface area contributed by atoms with Crippen LogP contribution in [0.1, 0.15) is 36.9 Å². The summed E-state index contributed by atoms with van der Waals surface area (Å²) in [7, 11) is 0. The summed E-state index contributed by atoms with van der Waals surface area (Å²) >= 11 is 1.64. The lowest BCUT2D eigenvalue weighted by atomic mass is 10.1. The van der Waals surface area contributed by atoms with Gasteiger partial charge in [-0.15, -0.1) is 0 Å². The normalized spacial score (nSPS) is 20.1. The van der Waals surface area contributed by atoms with Gasteiger partial charge < -0.3 is 10.6 Å². The molecule has 0 spiro atoms. The van der Waals surface area contributed by atoms with E-state index >= 15 is 0 Å². The van der Waals surface area contributed by atoms with Gasteiger partial charge in [0.15, 0.2) is 5.16 Å². The first kappa shape index (κ1) is 13.2. The largest absolute Gasteiger partial charge is 0.367 e. The van der Waals surface area contributed by atoms with Crippen LogP contribution in [-0.4, -0.2) is 35.4 Å². The van der Waals surface area contributed by atoms with Crippen LogP contribution in [0.15, 0.2) is 5.16 Å². The summed E-state index contributed by atoms with van der Waals surface area (Å²) in [6, 6.07) is 0.616. The Morgan fingerprint density at radius 2 is 1.95 bits per heavy atom. The molecule has 19 heavy (non-hydrogen) atoms. The van der Waals surface area contributed by atoms with Crippen molar-refractivity contribution in [3.05, 3.63) is 11.3 Å². The van der Waals surface area contributed by atoms with Crippen LogP contribution < -0.4 is 10.6 Å². The molecular weight excluding hydrogens is 256 g/mol. The summed E-state index contributed by atoms with van der Waals surface area (Å²) in [6.07, 6.45) is 9.38. The van der Waals surface area contributed by atoms with Gasteiger partial charge in [0.2, 0.25) is 0 Å². The minimum Gasteiger partial charge on any atom is -0.367 e. The van der Waals surface area contributed by atoms with Gasteiger partial charge in [0.05, 0.1) is 5.69 Å². The summed E-state index contributed by atoms with van der Waals surface area (Å²) in [5.41, 5.74) is 2.58. The molecule has 1 aromatic heterocycles. The maximum absolute atomic E-state index is 4.72. The van der Waals surface area contributed by atoms with Crippen LogP contribution in [0.25, 0.3) is 0 Å². The van der Waals surface area contributed by atoms with Crippen molar-refractivity contribution in [1.82, 2.24) is 15.3 Å². The van der Waals surface area contributed by atoms with Gasteiger partial charge in [0.1, 0.15) is 5.82 Å². The third-order valence-corrected chi connectivity index (χ3v) is 4.59. The van der Waals surface area contributed by atoms with Crippen molar-refractivity contribution in [1.29, 1.82) is 0 Å². The van der Waals surface area contributed by atoms with Crippen LogP contribution in [0, 0.1) is 0 Å². The topological polar surface area (TPSA) is 49.8 Å². The molecule has 3 rings (SSSR count). The van der Waals surface area contributed by atoms with Crippen molar-refractivity contribution in [2.45, 2.75) is 49.7 Å². The van der Waals surface area contributed by atoms with Crippen LogP contribution in [-0.2, 0) is 12.8 Å². The van der Waals surface area contributed by atoms with Gasteiger partial charge in [-0.1, -0.05) is 24.6 Å². The summed E-state index contributed by atoms with van der Waals surface area (Å²) in [4.78, 5) is 9.42. The predicted molar refractivity (Wildman–Crippen MR) is 80.0 cm³/mol. The highest BCUT2D eigenvalue weighted by atomic mass is 32.2. The monoisotopic (exact) mass is 278 g/mol. The number of nitrogens with one attached hydrogen (secondary N) is 2. The minimum atomic E-state index is 0.616. The van der Waals surface area contributed by atoms with E-state index in [0.29, 0.717) is 6.04 Å². The van der Waals surface area contributed by atoms with E-state index in [4.69, 9.17) is 9.97 Å². The number of rotatable bonds is 3. The molecule has 2 heterocycles. The third kappa shape index (κ3) is 3.03. The van der Waals surface area contributed by atoms with Crippen molar-refractivity contribution in [3.8, 4) is 0 Å². The third-order valence-electron chi connectivity index (χ3n) is 4.04. The molecule has 0 atom stereocenters. The molecule has 104 valence electrons. The Labute approximate surface area is 119 Å². The Kier molecular flexibility index (Phi) is 4.23. The van der Waals surface area contributed by atoms with E-state index in [-0.39, 0.29) is 0 Å². The van der Waals surface area contributed by atoms with Crippen LogP contribution >= 0.6 is 11.8 Å². The molecule has 0 amide bonds. The van der Waals surface area contributed by atoms with Gasteiger partial charge in [-0.05, 0) is 32.1 Å². The van der Waals surface area contributed by atoms with Gasteiger partial charge in [-0.2, -0.15) is 0 Å². The van der Waals surface area contributed by atoms with E-state index in [1.54, 1.807) is 11.8 Å². The SMILES string of the molecule is CSc1nc2c(c(NC3CCCC3)n1)CCNCC2. The number of thioether (sulfide) groups is 1. The number of hydrogen-bond donors (Lipinski definition) is 2. The average molecular weight is 278 g/mol. The zero-order valence-corrected chi connectivity index (χ0v) is 12.4. The van der Waals surface area contributed by atoms with Crippen LogP contribution in [0.3, 0.4) is 0 Å². The Hall–Kier alpha value is -0.810. The van der Waals surface area contributed by atoms with Crippen LogP contribution in [0.2, 0.25) is 0 Å². The molecule has 1 aromatic rings. The highest BCUT2D eigenvalue weighted by Crippen LogP contribution is 2.27. The van der Waals surface area contributed by atoms with Crippen molar-refractivity contribution in [3.63, 3.8) is 0 Å². The lowest BCUT2D eigenvalue weighted by Gasteiger charge is -2.18. The van der Waals surface area contributed by atoms with Crippen LogP contribution in [0.5, 0.6) is 0 Å². The molecular formula is C14H22N4S. The number of aromatic nitrogens is 2. The fraction of sp³-hybridized carbons (Fsp3) is 0.714. The van der Waals surface area contributed by atoms with Gasteiger partial charge >= 0.3 is 0 Å². The molecule has 0 aromatic carbocycles. The molecule has 5 heteroatoms. The Bertz CT molecular complexity index is 443. The molecule has 0 bridgehead atoms. The zero-order chi connectivity index (χ0) is 13.1.